The minimum absolute atomic E-state index is 0. The van der Waals surface area contributed by atoms with Crippen LogP contribution in [0.4, 0.5) is 0 Å². The molecule has 1 N–H and O–H groups in total. The molecule has 1 aromatic rings. The number of nitrogens with one attached hydrogen (secondary N) is 1. The Morgan fingerprint density at radius 3 is 2.73 bits per heavy atom. The van der Waals surface area contributed by atoms with Crippen molar-refractivity contribution in [2.45, 2.75) is 18.3 Å². The molecule has 1 saturated heterocycles. The van der Waals surface area contributed by atoms with Gasteiger partial charge in [0.05, 0.1) is 17.9 Å². The summed E-state index contributed by atoms with van der Waals surface area (Å²) >= 11 is 1.23. The Morgan fingerprint density at radius 1 is 1.43 bits per heavy atom. The molecule has 3 heterocycles. The smallest absolute Gasteiger partial charge is 0.543 e. The van der Waals surface area contributed by atoms with Gasteiger partial charge in [-0.05, 0) is 12.1 Å². The Morgan fingerprint density at radius 2 is 2.17 bits per heavy atom. The summed E-state index contributed by atoms with van der Waals surface area (Å²) in [7, 11) is 1.25. The first-order chi connectivity index (χ1) is 13.8. The van der Waals surface area contributed by atoms with Gasteiger partial charge in [0.25, 0.3) is 11.8 Å². The minimum atomic E-state index is -1.56. The van der Waals surface area contributed by atoms with Crippen molar-refractivity contribution in [3.63, 3.8) is 0 Å². The predicted molar refractivity (Wildman–Crippen MR) is 95.9 cm³/mol. The van der Waals surface area contributed by atoms with Crippen LogP contribution in [0, 0.1) is 0 Å². The Bertz CT molecular complexity index is 914. The van der Waals surface area contributed by atoms with Gasteiger partial charge in [-0.25, -0.2) is 0 Å². The Balaban J connectivity index is 0.00000320. The van der Waals surface area contributed by atoms with Gasteiger partial charge in [0, 0.05) is 18.2 Å². The number of carboxylic acids is 1. The van der Waals surface area contributed by atoms with E-state index in [9.17, 15) is 24.3 Å². The summed E-state index contributed by atoms with van der Waals surface area (Å²) in [6.07, 6.45) is 1.35. The predicted octanol–water partition coefficient (Wildman–Crippen LogP) is -4.40. The quantitative estimate of drug-likeness (QED) is 0.144. The van der Waals surface area contributed by atoms with E-state index in [2.05, 4.69) is 15.3 Å². The monoisotopic (exact) mass is 445 g/mol. The number of fused-ring (bicyclic) bond motifs is 1. The summed E-state index contributed by atoms with van der Waals surface area (Å²) < 4.78 is 9.98. The van der Waals surface area contributed by atoms with E-state index in [0.717, 1.165) is 4.90 Å². The van der Waals surface area contributed by atoms with Gasteiger partial charge in [-0.2, -0.15) is 0 Å². The molecule has 0 unspecified atom stereocenters. The summed E-state index contributed by atoms with van der Waals surface area (Å²) in [4.78, 5) is 53.4. The zero-order valence-corrected chi connectivity index (χ0v) is 19.2. The number of furan rings is 1. The van der Waals surface area contributed by atoms with Gasteiger partial charge in [0.15, 0.2) is 5.76 Å². The van der Waals surface area contributed by atoms with E-state index in [1.807, 2.05) is 0 Å². The van der Waals surface area contributed by atoms with Gasteiger partial charge in [0.2, 0.25) is 5.71 Å². The van der Waals surface area contributed by atoms with Crippen LogP contribution in [0.5, 0.6) is 0 Å². The number of amides is 2. The molecule has 3 rings (SSSR count). The second-order valence-corrected chi connectivity index (χ2v) is 7.09. The number of carboxylic acid groups (broad SMARTS) is 1. The molecule has 154 valence electrons. The maximum absolute atomic E-state index is 12.6. The molecule has 2 aliphatic rings. The first-order valence-electron chi connectivity index (χ1n) is 8.32. The van der Waals surface area contributed by atoms with Crippen molar-refractivity contribution >= 4 is 41.2 Å². The number of rotatable bonds is 7. The maximum Gasteiger partial charge on any atom is 1.00 e. The number of nitrogens with zero attached hydrogens (tertiary/aromatic N) is 2. The number of oxime groups is 1. The van der Waals surface area contributed by atoms with Crippen molar-refractivity contribution in [2.75, 3.05) is 19.5 Å². The van der Waals surface area contributed by atoms with E-state index >= 15 is 0 Å². The van der Waals surface area contributed by atoms with Gasteiger partial charge in [0.1, 0.15) is 25.1 Å². The topological polar surface area (TPSA) is 151 Å². The number of ether oxygens (including phenoxy) is 1. The standard InChI is InChI=1S/C17H17N3O8S.Na/c1-8(21)28-6-9-7-29-16-12(15(23)20(16)13(9)17(24)25)18-14(22)11(19-26-2)10-4-3-5-27-10;/h3-5,12,16H,6-7H2,1-2H3,(H,18,22)(H,24,25);/q;+1/p-1/b19-11-;/t12-,16-;/m1./s1. The third-order valence-corrected chi connectivity index (χ3v) is 5.47. The van der Waals surface area contributed by atoms with Gasteiger partial charge >= 0.3 is 35.5 Å². The van der Waals surface area contributed by atoms with Crippen LogP contribution in [0.15, 0.2) is 39.2 Å². The summed E-state index contributed by atoms with van der Waals surface area (Å²) in [6.45, 7) is 0.929. The molecule has 2 atom stereocenters. The van der Waals surface area contributed by atoms with Crippen molar-refractivity contribution in [3.05, 3.63) is 35.4 Å². The van der Waals surface area contributed by atoms with Crippen LogP contribution < -0.4 is 40.0 Å². The molecule has 2 aliphatic heterocycles. The van der Waals surface area contributed by atoms with E-state index in [1.165, 1.54) is 38.1 Å². The first-order valence-corrected chi connectivity index (χ1v) is 9.37. The number of β-lactam (4-membered cyclic amide) rings is 1. The minimum Gasteiger partial charge on any atom is -0.543 e. The van der Waals surface area contributed by atoms with Gasteiger partial charge < -0.3 is 29.2 Å². The molecule has 11 nitrogen and oxygen atoms in total. The van der Waals surface area contributed by atoms with Crippen LogP contribution >= 0.6 is 11.8 Å². The molecule has 0 bridgehead atoms. The fourth-order valence-electron chi connectivity index (χ4n) is 2.88. The molecule has 1 fully saturated rings. The van der Waals surface area contributed by atoms with Crippen molar-refractivity contribution in [2.24, 2.45) is 5.16 Å². The van der Waals surface area contributed by atoms with Crippen LogP contribution in [0.2, 0.25) is 0 Å². The summed E-state index contributed by atoms with van der Waals surface area (Å²) in [6, 6.07) is 2.08. The van der Waals surface area contributed by atoms with Crippen molar-refractivity contribution in [1.82, 2.24) is 10.2 Å². The molecule has 1 aromatic heterocycles. The molecule has 13 heteroatoms. The van der Waals surface area contributed by atoms with Crippen LogP contribution in [0.25, 0.3) is 0 Å². The van der Waals surface area contributed by atoms with Crippen LogP contribution in [0.3, 0.4) is 0 Å². The van der Waals surface area contributed by atoms with Crippen LogP contribution in [-0.4, -0.2) is 65.2 Å². The van der Waals surface area contributed by atoms with E-state index < -0.39 is 35.2 Å². The molecule has 2 amide bonds. The number of esters is 1. The zero-order valence-electron chi connectivity index (χ0n) is 16.4. The third kappa shape index (κ3) is 4.72. The normalized spacial score (nSPS) is 20.5. The van der Waals surface area contributed by atoms with Crippen molar-refractivity contribution in [1.29, 1.82) is 0 Å². The first kappa shape index (κ1) is 24.0. The number of carbonyl (C=O) groups excluding carboxylic acids is 4. The average molecular weight is 445 g/mol. The fourth-order valence-corrected chi connectivity index (χ4v) is 4.21. The van der Waals surface area contributed by atoms with Gasteiger partial charge in [-0.15, -0.1) is 11.8 Å². The Labute approximate surface area is 197 Å². The molecule has 0 spiro atoms. The van der Waals surface area contributed by atoms with E-state index in [-0.39, 0.29) is 64.7 Å². The maximum atomic E-state index is 12.6. The van der Waals surface area contributed by atoms with Crippen LogP contribution in [-0.2, 0) is 28.8 Å². The van der Waals surface area contributed by atoms with Crippen LogP contribution in [0.1, 0.15) is 12.7 Å². The molecular weight excluding hydrogens is 429 g/mol. The second kappa shape index (κ2) is 10.2. The molecule has 0 aliphatic carbocycles. The Kier molecular flexibility index (Phi) is 8.12. The third-order valence-electron chi connectivity index (χ3n) is 4.13. The summed E-state index contributed by atoms with van der Waals surface area (Å²) in [5.74, 6) is -3.16. The number of hydrogen-bond acceptors (Lipinski definition) is 10. The van der Waals surface area contributed by atoms with E-state index in [0.29, 0.717) is 0 Å². The van der Waals surface area contributed by atoms with Gasteiger partial charge in [-0.1, -0.05) is 5.16 Å². The van der Waals surface area contributed by atoms with Crippen molar-refractivity contribution in [3.8, 4) is 0 Å². The number of carbonyl (C=O) groups is 4. The van der Waals surface area contributed by atoms with E-state index in [4.69, 9.17) is 9.15 Å². The molecule has 30 heavy (non-hydrogen) atoms. The second-order valence-electron chi connectivity index (χ2n) is 5.98. The SMILES string of the molecule is CO/N=C(\C(=O)N[C@@H]1C(=O)N2C(C(=O)[O-])=C(COC(C)=O)CS[C@H]12)c1ccco1.[Na+]. The summed E-state index contributed by atoms with van der Waals surface area (Å²) in [5.41, 5.74) is -0.269. The molecule has 0 saturated carbocycles. The van der Waals surface area contributed by atoms with Gasteiger partial charge in [-0.3, -0.25) is 19.3 Å². The Hall–Kier alpha value is -2.28. The average Bonchev–Trinajstić information content (AvgIpc) is 3.21. The van der Waals surface area contributed by atoms with Crippen molar-refractivity contribution < 1.29 is 67.8 Å². The number of aliphatic carboxylic acids is 1. The molecule has 0 radical (unpaired) electrons. The molecular formula is C17H16N3NaO8S. The largest absolute Gasteiger partial charge is 1.00 e. The van der Waals surface area contributed by atoms with E-state index in [1.54, 1.807) is 6.07 Å². The number of thioether (sulfide) groups is 1. The molecule has 0 aromatic carbocycles. The fraction of sp³-hybridized carbons (Fsp3) is 0.353. The number of hydrogen-bond donors (Lipinski definition) is 1. The zero-order chi connectivity index (χ0) is 21.1. The summed E-state index contributed by atoms with van der Waals surface area (Å²) in [5, 5.41) is 17.1.